The van der Waals surface area contributed by atoms with E-state index >= 15 is 0 Å². The Morgan fingerprint density at radius 1 is 0.446 bits per heavy atom. The molecule has 2 nitrogen and oxygen atoms in total. The monoisotopic (exact) mass is 774 g/mol. The average Bonchev–Trinajstić information content (AvgIpc) is 3.12. The first kappa shape index (κ1) is 40.3. The first-order valence-corrected chi connectivity index (χ1v) is 23.2. The van der Waals surface area contributed by atoms with Crippen molar-refractivity contribution in [2.24, 2.45) is 5.73 Å². The second-order valence-electron chi connectivity index (χ2n) is 16.7. The van der Waals surface area contributed by atoms with Gasteiger partial charge in [-0.3, -0.25) is 4.90 Å². The van der Waals surface area contributed by atoms with Crippen molar-refractivity contribution in [3.05, 3.63) is 177 Å². The summed E-state index contributed by atoms with van der Waals surface area (Å²) in [5.41, 5.74) is 20.6. The molecule has 4 heteroatoms. The van der Waals surface area contributed by atoms with E-state index in [1.165, 1.54) is 100 Å². The summed E-state index contributed by atoms with van der Waals surface area (Å²) in [6.07, 6.45) is 4.67. The van der Waals surface area contributed by atoms with Crippen LogP contribution in [0.3, 0.4) is 0 Å². The lowest BCUT2D eigenvalue weighted by Crippen LogP contribution is -2.49. The van der Waals surface area contributed by atoms with Gasteiger partial charge in [-0.05, 0) is 127 Å². The molecular weight excluding hydrogens is 715 g/mol. The molecule has 0 amide bonds. The Labute approximate surface area is 340 Å². The summed E-state index contributed by atoms with van der Waals surface area (Å²) in [7, 11) is -1.59. The maximum Gasteiger partial charge on any atom is 0.0254 e. The van der Waals surface area contributed by atoms with Crippen molar-refractivity contribution in [3.8, 4) is 0 Å². The van der Waals surface area contributed by atoms with Gasteiger partial charge in [0, 0.05) is 25.2 Å². The molecule has 0 radical (unpaired) electrons. The number of benzene rings is 6. The second kappa shape index (κ2) is 17.7. The van der Waals surface area contributed by atoms with Crippen LogP contribution in [0, 0.1) is 55.4 Å². The molecule has 288 valence electrons. The van der Waals surface area contributed by atoms with Gasteiger partial charge in [0.2, 0.25) is 0 Å². The molecule has 0 spiro atoms. The van der Waals surface area contributed by atoms with Gasteiger partial charge in [0.25, 0.3) is 0 Å². The van der Waals surface area contributed by atoms with E-state index < -0.39 is 15.8 Å². The number of rotatable bonds is 11. The first-order chi connectivity index (χ1) is 26.9. The highest BCUT2D eigenvalue weighted by Gasteiger charge is 2.31. The largest absolute Gasteiger partial charge is 0.326 e. The van der Waals surface area contributed by atoms with E-state index in [-0.39, 0.29) is 6.04 Å². The Balaban J connectivity index is 1.36. The lowest BCUT2D eigenvalue weighted by molar-refractivity contribution is 0.122. The molecule has 1 saturated carbocycles. The van der Waals surface area contributed by atoms with Crippen LogP contribution in [-0.4, -0.2) is 17.0 Å². The zero-order chi connectivity index (χ0) is 39.5. The molecule has 0 unspecified atom stereocenters. The Kier molecular flexibility index (Phi) is 12.7. The van der Waals surface area contributed by atoms with E-state index in [1.54, 1.807) is 0 Å². The molecule has 6 aromatic carbocycles. The summed E-state index contributed by atoms with van der Waals surface area (Å²) in [6.45, 7) is 19.7. The fourth-order valence-electron chi connectivity index (χ4n) is 9.22. The van der Waals surface area contributed by atoms with Crippen LogP contribution in [0.25, 0.3) is 0 Å². The zero-order valence-corrected chi connectivity index (χ0v) is 36.7. The van der Waals surface area contributed by atoms with Crippen LogP contribution in [0.2, 0.25) is 0 Å². The molecular formula is C52H60N2P2. The van der Waals surface area contributed by atoms with Gasteiger partial charge in [0.1, 0.15) is 0 Å². The number of aryl methyl sites for hydroxylation is 8. The van der Waals surface area contributed by atoms with E-state index in [0.29, 0.717) is 6.04 Å². The molecule has 0 bridgehead atoms. The SMILES string of the molecule is Cc1cc(C)cc(P(c2cc(C)cc(C)c2)c2ccccc2CN(Cc2ccccc2P(c2cc(C)cc(C)c2)c2cc(C)cc(C)c2)[C@@H]2CCCC[C@H]2N)c1. The number of nitrogens with zero attached hydrogens (tertiary/aromatic N) is 1. The van der Waals surface area contributed by atoms with Gasteiger partial charge in [-0.15, -0.1) is 0 Å². The molecule has 0 saturated heterocycles. The van der Waals surface area contributed by atoms with Crippen LogP contribution >= 0.6 is 15.8 Å². The Hall–Kier alpha value is -3.90. The molecule has 1 fully saturated rings. The summed E-state index contributed by atoms with van der Waals surface area (Å²) in [6, 6.07) is 47.8. The minimum Gasteiger partial charge on any atom is -0.326 e. The molecule has 2 N–H and O–H groups in total. The number of hydrogen-bond donors (Lipinski definition) is 1. The highest BCUT2D eigenvalue weighted by atomic mass is 31.1. The quantitative estimate of drug-likeness (QED) is 0.133. The van der Waals surface area contributed by atoms with Gasteiger partial charge in [0.15, 0.2) is 0 Å². The van der Waals surface area contributed by atoms with E-state index in [4.69, 9.17) is 5.73 Å². The van der Waals surface area contributed by atoms with Gasteiger partial charge < -0.3 is 5.73 Å². The maximum absolute atomic E-state index is 7.15. The standard InChI is InChI=1S/C52H60N2P2/c1-35-21-36(2)26-45(25-35)55(46-27-37(3)22-38(4)28-46)51-19-13-9-15-43(51)33-54(50-18-12-11-17-49(50)53)34-44-16-10-14-20-52(44)56(47-29-39(5)23-40(6)30-47)48-31-41(7)24-42(8)32-48/h9-10,13-16,19-32,49-50H,11-12,17-18,33-34,53H2,1-8H3/t49-,50-/m1/s1. The highest BCUT2D eigenvalue weighted by Crippen LogP contribution is 2.39. The minimum absolute atomic E-state index is 0.156. The average molecular weight is 775 g/mol. The third-order valence-corrected chi connectivity index (χ3v) is 16.3. The Morgan fingerprint density at radius 3 is 1.07 bits per heavy atom. The third kappa shape index (κ3) is 9.44. The maximum atomic E-state index is 7.15. The fourth-order valence-corrected chi connectivity index (χ4v) is 14.9. The van der Waals surface area contributed by atoms with Crippen molar-refractivity contribution in [1.29, 1.82) is 0 Å². The van der Waals surface area contributed by atoms with Crippen molar-refractivity contribution in [3.63, 3.8) is 0 Å². The lowest BCUT2D eigenvalue weighted by Gasteiger charge is -2.40. The molecule has 6 aromatic rings. The normalized spacial score (nSPS) is 15.9. The van der Waals surface area contributed by atoms with Crippen molar-refractivity contribution < 1.29 is 0 Å². The predicted molar refractivity (Wildman–Crippen MR) is 248 cm³/mol. The molecule has 2 atom stereocenters. The molecule has 0 heterocycles. The topological polar surface area (TPSA) is 29.3 Å². The van der Waals surface area contributed by atoms with Crippen LogP contribution in [0.4, 0.5) is 0 Å². The van der Waals surface area contributed by atoms with Gasteiger partial charge in [0.05, 0.1) is 0 Å². The Bertz CT molecular complexity index is 1990. The van der Waals surface area contributed by atoms with Crippen molar-refractivity contribution >= 4 is 47.7 Å². The minimum atomic E-state index is -0.794. The molecule has 1 aliphatic carbocycles. The summed E-state index contributed by atoms with van der Waals surface area (Å²) in [5, 5.41) is 8.60. The van der Waals surface area contributed by atoms with E-state index in [2.05, 4.69) is 182 Å². The first-order valence-electron chi connectivity index (χ1n) is 20.5. The Morgan fingerprint density at radius 2 is 0.750 bits per heavy atom. The van der Waals surface area contributed by atoms with Gasteiger partial charge >= 0.3 is 0 Å². The van der Waals surface area contributed by atoms with E-state index in [0.717, 1.165) is 25.9 Å². The van der Waals surface area contributed by atoms with Crippen LogP contribution in [-0.2, 0) is 13.1 Å². The van der Waals surface area contributed by atoms with Crippen LogP contribution in [0.1, 0.15) is 81.3 Å². The summed E-state index contributed by atoms with van der Waals surface area (Å²) >= 11 is 0. The van der Waals surface area contributed by atoms with Gasteiger partial charge in [-0.2, -0.15) is 0 Å². The smallest absolute Gasteiger partial charge is 0.0254 e. The lowest BCUT2D eigenvalue weighted by atomic mass is 9.89. The van der Waals surface area contributed by atoms with Crippen LogP contribution in [0.5, 0.6) is 0 Å². The molecule has 0 aromatic heterocycles. The van der Waals surface area contributed by atoms with Crippen LogP contribution < -0.4 is 37.6 Å². The van der Waals surface area contributed by atoms with Gasteiger partial charge in [-0.1, -0.05) is 179 Å². The van der Waals surface area contributed by atoms with E-state index in [9.17, 15) is 0 Å². The highest BCUT2D eigenvalue weighted by molar-refractivity contribution is 7.80. The molecule has 7 rings (SSSR count). The predicted octanol–water partition coefficient (Wildman–Crippen LogP) is 9.94. The second-order valence-corrected chi connectivity index (χ2v) is 21.1. The summed E-state index contributed by atoms with van der Waals surface area (Å²) < 4.78 is 0. The summed E-state index contributed by atoms with van der Waals surface area (Å²) in [4.78, 5) is 2.77. The van der Waals surface area contributed by atoms with Gasteiger partial charge in [-0.25, -0.2) is 0 Å². The van der Waals surface area contributed by atoms with Crippen molar-refractivity contribution in [2.75, 3.05) is 0 Å². The number of hydrogen-bond acceptors (Lipinski definition) is 2. The van der Waals surface area contributed by atoms with E-state index in [1.807, 2.05) is 0 Å². The number of nitrogens with two attached hydrogens (primary N) is 1. The fraction of sp³-hybridized carbons (Fsp3) is 0.308. The molecule has 56 heavy (non-hydrogen) atoms. The summed E-state index contributed by atoms with van der Waals surface area (Å²) in [5.74, 6) is 0. The molecule has 0 aliphatic heterocycles. The van der Waals surface area contributed by atoms with Crippen molar-refractivity contribution in [1.82, 2.24) is 4.90 Å². The molecule has 1 aliphatic rings. The zero-order valence-electron chi connectivity index (χ0n) is 34.9. The van der Waals surface area contributed by atoms with Crippen LogP contribution in [0.15, 0.2) is 121 Å². The van der Waals surface area contributed by atoms with Crippen molar-refractivity contribution in [2.45, 2.75) is 106 Å². The third-order valence-electron chi connectivity index (χ3n) is 11.3.